The first-order valence-corrected chi connectivity index (χ1v) is 11.5. The van der Waals surface area contributed by atoms with Crippen LogP contribution in [-0.2, 0) is 21.1 Å². The Hall–Kier alpha value is -1.11. The molecule has 1 aromatic carbocycles. The van der Waals surface area contributed by atoms with Gasteiger partial charge < -0.3 is 4.90 Å². The maximum Gasteiger partial charge on any atom is 0.227 e. The molecule has 152 valence electrons. The Balaban J connectivity index is 0.00000261. The number of halogens is 1. The quantitative estimate of drug-likeness (QED) is 0.743. The Kier molecular flexibility index (Phi) is 7.72. The highest BCUT2D eigenvalue weighted by Gasteiger charge is 2.35. The van der Waals surface area contributed by atoms with Crippen molar-refractivity contribution < 1.29 is 13.2 Å². The van der Waals surface area contributed by atoms with E-state index >= 15 is 0 Å². The maximum absolute atomic E-state index is 12.8. The van der Waals surface area contributed by atoms with E-state index in [2.05, 4.69) is 4.90 Å². The summed E-state index contributed by atoms with van der Waals surface area (Å²) in [6.45, 7) is 2.33. The first-order valence-electron chi connectivity index (χ1n) is 9.65. The summed E-state index contributed by atoms with van der Waals surface area (Å²) < 4.78 is 23.1. The number of likely N-dealkylation sites (N-methyl/N-ethyl adjacent to an activating group) is 1. The monoisotopic (exact) mass is 414 g/mol. The van der Waals surface area contributed by atoms with Crippen molar-refractivity contribution >= 4 is 28.2 Å². The van der Waals surface area contributed by atoms with Crippen LogP contribution in [0, 0.1) is 0 Å². The van der Waals surface area contributed by atoms with Gasteiger partial charge in [-0.15, -0.1) is 12.4 Å². The molecule has 0 aromatic heterocycles. The lowest BCUT2D eigenvalue weighted by atomic mass is 9.88. The Morgan fingerprint density at radius 1 is 1.07 bits per heavy atom. The van der Waals surface area contributed by atoms with Crippen LogP contribution in [0.3, 0.4) is 0 Å². The number of hydrogen-bond acceptors (Lipinski definition) is 4. The third kappa shape index (κ3) is 5.46. The van der Waals surface area contributed by atoms with Crippen LogP contribution >= 0.6 is 12.4 Å². The molecule has 2 aliphatic rings. The van der Waals surface area contributed by atoms with E-state index in [1.807, 2.05) is 11.9 Å². The largest absolute Gasteiger partial charge is 0.341 e. The van der Waals surface area contributed by atoms with E-state index in [1.54, 1.807) is 24.3 Å². The van der Waals surface area contributed by atoms with Gasteiger partial charge in [0.1, 0.15) is 0 Å². The van der Waals surface area contributed by atoms with Crippen molar-refractivity contribution in [3.05, 3.63) is 29.8 Å². The number of nitrogens with zero attached hydrogens (tertiary/aromatic N) is 2. The third-order valence-corrected chi connectivity index (χ3v) is 7.03. The van der Waals surface area contributed by atoms with Gasteiger partial charge in [-0.3, -0.25) is 9.69 Å². The zero-order valence-corrected chi connectivity index (χ0v) is 17.9. The molecule has 1 aliphatic heterocycles. The average molecular weight is 415 g/mol. The second kappa shape index (κ2) is 9.39. The average Bonchev–Trinajstić information content (AvgIpc) is 3.15. The van der Waals surface area contributed by atoms with E-state index in [9.17, 15) is 13.2 Å². The van der Waals surface area contributed by atoms with Crippen LogP contribution in [-0.4, -0.2) is 62.6 Å². The van der Waals surface area contributed by atoms with E-state index in [0.717, 1.165) is 25.1 Å². The van der Waals surface area contributed by atoms with Gasteiger partial charge in [0.05, 0.1) is 11.3 Å². The summed E-state index contributed by atoms with van der Waals surface area (Å²) in [6, 6.07) is 7.47. The van der Waals surface area contributed by atoms with Gasteiger partial charge >= 0.3 is 0 Å². The van der Waals surface area contributed by atoms with E-state index in [0.29, 0.717) is 23.4 Å². The number of sulfone groups is 1. The number of rotatable bonds is 5. The summed E-state index contributed by atoms with van der Waals surface area (Å²) in [5.74, 6) is 0.119. The molecule has 1 saturated heterocycles. The van der Waals surface area contributed by atoms with Crippen LogP contribution in [0.5, 0.6) is 0 Å². The highest BCUT2D eigenvalue weighted by atomic mass is 35.5. The smallest absolute Gasteiger partial charge is 0.227 e. The van der Waals surface area contributed by atoms with Crippen molar-refractivity contribution in [1.29, 1.82) is 0 Å². The van der Waals surface area contributed by atoms with Crippen molar-refractivity contribution in [1.82, 2.24) is 9.80 Å². The minimum atomic E-state index is -3.20. The SMILES string of the molecule is CN(C(=O)Cc1ccc(S(C)(=O)=O)cc1)[C@@H]1CCCC[C@H]1N1CCCC1.Cl. The Morgan fingerprint density at radius 2 is 1.67 bits per heavy atom. The van der Waals surface area contributed by atoms with Crippen molar-refractivity contribution in [2.24, 2.45) is 0 Å². The first-order chi connectivity index (χ1) is 12.4. The lowest BCUT2D eigenvalue weighted by Gasteiger charge is -2.42. The molecule has 1 aliphatic carbocycles. The fraction of sp³-hybridized carbons (Fsp3) is 0.650. The molecule has 0 radical (unpaired) electrons. The van der Waals surface area contributed by atoms with Crippen LogP contribution in [0.1, 0.15) is 44.1 Å². The maximum atomic E-state index is 12.8. The molecule has 27 heavy (non-hydrogen) atoms. The van der Waals surface area contributed by atoms with Crippen molar-refractivity contribution in [2.75, 3.05) is 26.4 Å². The van der Waals surface area contributed by atoms with Crippen molar-refractivity contribution in [2.45, 2.75) is 61.9 Å². The topological polar surface area (TPSA) is 57.7 Å². The van der Waals surface area contributed by atoms with Gasteiger partial charge in [0.15, 0.2) is 9.84 Å². The predicted octanol–water partition coefficient (Wildman–Crippen LogP) is 2.92. The Labute approximate surface area is 169 Å². The highest BCUT2D eigenvalue weighted by molar-refractivity contribution is 7.90. The predicted molar refractivity (Wildman–Crippen MR) is 110 cm³/mol. The molecule has 0 spiro atoms. The van der Waals surface area contributed by atoms with Crippen LogP contribution in [0.4, 0.5) is 0 Å². The van der Waals surface area contributed by atoms with E-state index in [1.165, 1.54) is 38.4 Å². The molecule has 0 unspecified atom stereocenters. The van der Waals surface area contributed by atoms with E-state index in [4.69, 9.17) is 0 Å². The molecule has 1 aromatic rings. The van der Waals surface area contributed by atoms with E-state index < -0.39 is 9.84 Å². The fourth-order valence-corrected chi connectivity index (χ4v) is 5.01. The molecule has 5 nitrogen and oxygen atoms in total. The summed E-state index contributed by atoms with van der Waals surface area (Å²) in [5.41, 5.74) is 0.864. The third-order valence-electron chi connectivity index (χ3n) is 5.90. The first kappa shape index (κ1) is 22.2. The standard InChI is InChI=1S/C20H30N2O3S.ClH/c1-21(18-7-3-4-8-19(18)22-13-5-6-14-22)20(23)15-16-9-11-17(12-10-16)26(2,24)25;/h9-12,18-19H,3-8,13-15H2,1-2H3;1H/t18-,19-;/m1./s1. The second-order valence-electron chi connectivity index (χ2n) is 7.76. The van der Waals surface area contributed by atoms with Gasteiger partial charge in [0.2, 0.25) is 5.91 Å². The van der Waals surface area contributed by atoms with Crippen molar-refractivity contribution in [3.63, 3.8) is 0 Å². The minimum absolute atomic E-state index is 0. The second-order valence-corrected chi connectivity index (χ2v) is 9.78. The molecular weight excluding hydrogens is 384 g/mol. The lowest BCUT2D eigenvalue weighted by molar-refractivity contribution is -0.133. The Bertz CT molecular complexity index is 730. The van der Waals surface area contributed by atoms with Crippen LogP contribution in [0.15, 0.2) is 29.2 Å². The Morgan fingerprint density at radius 3 is 2.26 bits per heavy atom. The number of benzene rings is 1. The summed E-state index contributed by atoms with van der Waals surface area (Å²) in [5, 5.41) is 0. The molecule has 7 heteroatoms. The minimum Gasteiger partial charge on any atom is -0.341 e. The molecule has 1 saturated carbocycles. The number of hydrogen-bond donors (Lipinski definition) is 0. The number of likely N-dealkylation sites (tertiary alicyclic amines) is 1. The normalized spacial score (nSPS) is 23.6. The number of carbonyl (C=O) groups excluding carboxylic acids is 1. The summed E-state index contributed by atoms with van der Waals surface area (Å²) in [7, 11) is -1.26. The van der Waals surface area contributed by atoms with Gasteiger partial charge in [-0.1, -0.05) is 25.0 Å². The summed E-state index contributed by atoms with van der Waals surface area (Å²) >= 11 is 0. The lowest BCUT2D eigenvalue weighted by Crippen LogP contribution is -2.53. The molecule has 0 bridgehead atoms. The molecule has 2 fully saturated rings. The molecule has 1 heterocycles. The molecule has 1 amide bonds. The van der Waals surface area contributed by atoms with Crippen molar-refractivity contribution in [3.8, 4) is 0 Å². The van der Waals surface area contributed by atoms with Crippen LogP contribution in [0.2, 0.25) is 0 Å². The fourth-order valence-electron chi connectivity index (χ4n) is 4.38. The molecular formula is C20H31ClN2O3S. The van der Waals surface area contributed by atoms with Gasteiger partial charge in [-0.25, -0.2) is 8.42 Å². The van der Waals surface area contributed by atoms with Gasteiger partial charge in [0.25, 0.3) is 0 Å². The summed E-state index contributed by atoms with van der Waals surface area (Å²) in [4.78, 5) is 17.7. The van der Waals surface area contributed by atoms with Gasteiger partial charge in [0, 0.05) is 25.4 Å². The molecule has 0 N–H and O–H groups in total. The molecule has 3 rings (SSSR count). The highest BCUT2D eigenvalue weighted by Crippen LogP contribution is 2.29. The zero-order chi connectivity index (χ0) is 18.7. The van der Waals surface area contributed by atoms with Gasteiger partial charge in [-0.05, 0) is 56.5 Å². The summed E-state index contributed by atoms with van der Waals surface area (Å²) in [6.07, 6.45) is 8.78. The molecule has 2 atom stereocenters. The number of amides is 1. The van der Waals surface area contributed by atoms with Gasteiger partial charge in [-0.2, -0.15) is 0 Å². The van der Waals surface area contributed by atoms with Crippen LogP contribution in [0.25, 0.3) is 0 Å². The van der Waals surface area contributed by atoms with Crippen LogP contribution < -0.4 is 0 Å². The van der Waals surface area contributed by atoms with E-state index in [-0.39, 0.29) is 18.3 Å². The number of carbonyl (C=O) groups is 1. The zero-order valence-electron chi connectivity index (χ0n) is 16.3.